The van der Waals surface area contributed by atoms with Gasteiger partial charge in [-0.3, -0.25) is 9.90 Å². The Balaban J connectivity index is 2.49. The molecular formula is C9H13N2O2. The summed E-state index contributed by atoms with van der Waals surface area (Å²) < 4.78 is 0. The highest BCUT2D eigenvalue weighted by molar-refractivity contribution is 5.92. The molecule has 2 N–H and O–H groups in total. The summed E-state index contributed by atoms with van der Waals surface area (Å²) in [6.45, 7) is 4.63. The van der Waals surface area contributed by atoms with E-state index in [0.717, 1.165) is 0 Å². The molecule has 4 nitrogen and oxygen atoms in total. The molecule has 0 aliphatic carbocycles. The second-order valence-electron chi connectivity index (χ2n) is 3.35. The molecule has 1 rings (SSSR count). The standard InChI is InChI=1S/C9H13N2O2/c1-6(2)4-11-9(13)8-3-7(12)5-10-8/h3,5-6,10H,4H2,1-2H3,(H,11,13). The van der Waals surface area contributed by atoms with Crippen LogP contribution in [-0.4, -0.2) is 17.4 Å². The van der Waals surface area contributed by atoms with Crippen LogP contribution in [0.25, 0.3) is 0 Å². The van der Waals surface area contributed by atoms with E-state index in [-0.39, 0.29) is 11.7 Å². The van der Waals surface area contributed by atoms with Crippen LogP contribution < -0.4 is 5.32 Å². The Morgan fingerprint density at radius 2 is 2.31 bits per heavy atom. The molecular weight excluding hydrogens is 168 g/mol. The van der Waals surface area contributed by atoms with E-state index in [1.807, 2.05) is 13.8 Å². The third kappa shape index (κ3) is 2.82. The molecule has 71 valence electrons. The number of H-pyrrole nitrogens is 1. The molecule has 1 radical (unpaired) electrons. The van der Waals surface area contributed by atoms with Crippen molar-refractivity contribution in [3.63, 3.8) is 0 Å². The summed E-state index contributed by atoms with van der Waals surface area (Å²) in [6, 6.07) is 1.29. The van der Waals surface area contributed by atoms with E-state index in [0.29, 0.717) is 18.2 Å². The van der Waals surface area contributed by atoms with E-state index in [2.05, 4.69) is 10.3 Å². The van der Waals surface area contributed by atoms with Crippen molar-refractivity contribution in [1.82, 2.24) is 10.3 Å². The first-order chi connectivity index (χ1) is 6.09. The van der Waals surface area contributed by atoms with E-state index in [4.69, 9.17) is 0 Å². The van der Waals surface area contributed by atoms with Crippen molar-refractivity contribution < 1.29 is 9.90 Å². The molecule has 13 heavy (non-hydrogen) atoms. The Hall–Kier alpha value is -1.45. The number of carbonyl (C=O) groups excluding carboxylic acids is 1. The highest BCUT2D eigenvalue weighted by atomic mass is 16.3. The number of nitrogens with one attached hydrogen (secondary N) is 2. The average molecular weight is 181 g/mol. The van der Waals surface area contributed by atoms with E-state index in [1.54, 1.807) is 0 Å². The third-order valence-corrected chi connectivity index (χ3v) is 1.57. The molecule has 4 heteroatoms. The van der Waals surface area contributed by atoms with Crippen LogP contribution in [0, 0.1) is 5.92 Å². The van der Waals surface area contributed by atoms with E-state index >= 15 is 0 Å². The second-order valence-corrected chi connectivity index (χ2v) is 3.35. The summed E-state index contributed by atoms with van der Waals surface area (Å²) in [5.74, 6) is 0.0103. The monoisotopic (exact) mass is 181 g/mol. The van der Waals surface area contributed by atoms with Gasteiger partial charge in [-0.05, 0) is 5.92 Å². The maximum atomic E-state index is 11.3. The van der Waals surface area contributed by atoms with Crippen molar-refractivity contribution in [2.45, 2.75) is 13.8 Å². The fourth-order valence-corrected chi connectivity index (χ4v) is 0.898. The van der Waals surface area contributed by atoms with Crippen LogP contribution >= 0.6 is 0 Å². The van der Waals surface area contributed by atoms with Crippen LogP contribution in [0.5, 0.6) is 5.75 Å². The Kier molecular flexibility index (Phi) is 2.95. The lowest BCUT2D eigenvalue weighted by atomic mass is 10.2. The van der Waals surface area contributed by atoms with Gasteiger partial charge in [-0.15, -0.1) is 0 Å². The lowest BCUT2D eigenvalue weighted by molar-refractivity contribution is 0.0944. The molecule has 0 aromatic carbocycles. The number of aromatic amines is 1. The van der Waals surface area contributed by atoms with Gasteiger partial charge in [-0.25, -0.2) is 0 Å². The number of hydrogen-bond donors (Lipinski definition) is 2. The summed E-state index contributed by atoms with van der Waals surface area (Å²) in [6.07, 6.45) is 1.27. The number of rotatable bonds is 3. The van der Waals surface area contributed by atoms with E-state index in [9.17, 15) is 9.90 Å². The molecule has 0 atom stereocenters. The SMILES string of the molecule is CC(C)CNC(=O)c1cc([O])c[nH]1. The van der Waals surface area contributed by atoms with Gasteiger partial charge in [0.05, 0.1) is 0 Å². The third-order valence-electron chi connectivity index (χ3n) is 1.57. The lowest BCUT2D eigenvalue weighted by Crippen LogP contribution is -2.27. The number of hydrogen-bond acceptors (Lipinski definition) is 1. The Morgan fingerprint density at radius 1 is 1.62 bits per heavy atom. The fourth-order valence-electron chi connectivity index (χ4n) is 0.898. The van der Waals surface area contributed by atoms with Gasteiger partial charge in [0.2, 0.25) is 0 Å². The smallest absolute Gasteiger partial charge is 0.267 e. The summed E-state index contributed by atoms with van der Waals surface area (Å²) >= 11 is 0. The number of carbonyl (C=O) groups is 1. The summed E-state index contributed by atoms with van der Waals surface area (Å²) in [5, 5.41) is 13.4. The maximum Gasteiger partial charge on any atom is 0.267 e. The van der Waals surface area contributed by atoms with E-state index in [1.165, 1.54) is 12.3 Å². The zero-order chi connectivity index (χ0) is 9.84. The molecule has 0 spiro atoms. The average Bonchev–Trinajstić information content (AvgIpc) is 2.47. The number of amides is 1. The normalized spacial score (nSPS) is 10.4. The molecule has 1 amide bonds. The molecule has 1 heterocycles. The van der Waals surface area contributed by atoms with Crippen LogP contribution in [0.3, 0.4) is 0 Å². The highest BCUT2D eigenvalue weighted by Crippen LogP contribution is 2.10. The zero-order valence-electron chi connectivity index (χ0n) is 7.76. The molecule has 0 saturated carbocycles. The Morgan fingerprint density at radius 3 is 2.77 bits per heavy atom. The predicted molar refractivity (Wildman–Crippen MR) is 48.1 cm³/mol. The fraction of sp³-hybridized carbons (Fsp3) is 0.444. The maximum absolute atomic E-state index is 11.3. The van der Waals surface area contributed by atoms with Crippen LogP contribution in [0.15, 0.2) is 12.3 Å². The van der Waals surface area contributed by atoms with Gasteiger partial charge in [0.1, 0.15) is 5.69 Å². The van der Waals surface area contributed by atoms with Gasteiger partial charge in [-0.1, -0.05) is 13.8 Å². The van der Waals surface area contributed by atoms with Crippen LogP contribution in [0.1, 0.15) is 24.3 Å². The molecule has 0 unspecified atom stereocenters. The molecule has 0 aliphatic rings. The van der Waals surface area contributed by atoms with Gasteiger partial charge >= 0.3 is 0 Å². The predicted octanol–water partition coefficient (Wildman–Crippen LogP) is 1.54. The molecule has 1 aromatic rings. The van der Waals surface area contributed by atoms with Crippen LogP contribution in [0.4, 0.5) is 0 Å². The zero-order valence-corrected chi connectivity index (χ0v) is 7.76. The van der Waals surface area contributed by atoms with Crippen molar-refractivity contribution in [3.05, 3.63) is 18.0 Å². The Labute approximate surface area is 77.0 Å². The van der Waals surface area contributed by atoms with E-state index < -0.39 is 0 Å². The van der Waals surface area contributed by atoms with Gasteiger partial charge in [0, 0.05) is 18.8 Å². The van der Waals surface area contributed by atoms with Crippen LogP contribution in [-0.2, 0) is 5.11 Å². The summed E-state index contributed by atoms with van der Waals surface area (Å²) in [4.78, 5) is 13.9. The first kappa shape index (κ1) is 9.64. The number of aromatic nitrogens is 1. The van der Waals surface area contributed by atoms with Crippen molar-refractivity contribution in [1.29, 1.82) is 0 Å². The first-order valence-electron chi connectivity index (χ1n) is 4.23. The van der Waals surface area contributed by atoms with Gasteiger partial charge in [-0.2, -0.15) is 0 Å². The molecule has 0 fully saturated rings. The molecule has 0 bridgehead atoms. The minimum atomic E-state index is -0.226. The second kappa shape index (κ2) is 3.98. The molecule has 0 aliphatic heterocycles. The van der Waals surface area contributed by atoms with Crippen molar-refractivity contribution in [2.24, 2.45) is 5.92 Å². The molecule has 0 saturated heterocycles. The minimum Gasteiger partial charge on any atom is -0.354 e. The van der Waals surface area contributed by atoms with Gasteiger partial charge in [0.25, 0.3) is 5.91 Å². The largest absolute Gasteiger partial charge is 0.354 e. The van der Waals surface area contributed by atoms with Crippen LogP contribution in [0.2, 0.25) is 0 Å². The lowest BCUT2D eigenvalue weighted by Gasteiger charge is -2.05. The highest BCUT2D eigenvalue weighted by Gasteiger charge is 2.08. The minimum absolute atomic E-state index is 0.172. The molecule has 1 aromatic heterocycles. The Bertz CT molecular complexity index is 292. The first-order valence-corrected chi connectivity index (χ1v) is 4.23. The van der Waals surface area contributed by atoms with Crippen molar-refractivity contribution >= 4 is 5.91 Å². The van der Waals surface area contributed by atoms with Gasteiger partial charge in [0.15, 0.2) is 5.75 Å². The van der Waals surface area contributed by atoms with Gasteiger partial charge < -0.3 is 10.3 Å². The van der Waals surface area contributed by atoms with Crippen molar-refractivity contribution in [2.75, 3.05) is 6.54 Å². The topological polar surface area (TPSA) is 64.8 Å². The summed E-state index contributed by atoms with van der Waals surface area (Å²) in [7, 11) is 0. The van der Waals surface area contributed by atoms with Crippen molar-refractivity contribution in [3.8, 4) is 5.75 Å². The summed E-state index contributed by atoms with van der Waals surface area (Å²) in [5.41, 5.74) is 0.325. The quantitative estimate of drug-likeness (QED) is 0.729.